The Morgan fingerprint density at radius 1 is 0.824 bits per heavy atom. The number of aryl methyl sites for hydroxylation is 1. The molecule has 0 saturated carbocycles. The molecule has 0 fully saturated rings. The van der Waals surface area contributed by atoms with Crippen LogP contribution in [0.3, 0.4) is 0 Å². The highest BCUT2D eigenvalue weighted by molar-refractivity contribution is 6.07. The first-order valence-corrected chi connectivity index (χ1v) is 11.3. The van der Waals surface area contributed by atoms with Gasteiger partial charge in [0, 0.05) is 30.2 Å². The molecule has 4 aromatic rings. The van der Waals surface area contributed by atoms with Gasteiger partial charge in [-0.1, -0.05) is 66.7 Å². The largest absolute Gasteiger partial charge is 0.352 e. The third kappa shape index (κ3) is 5.95. The van der Waals surface area contributed by atoms with E-state index in [9.17, 15) is 9.59 Å². The molecule has 0 spiro atoms. The first-order chi connectivity index (χ1) is 16.6. The number of aromatic nitrogens is 1. The summed E-state index contributed by atoms with van der Waals surface area (Å²) in [5, 5.41) is 2.93. The molecule has 34 heavy (non-hydrogen) atoms. The van der Waals surface area contributed by atoms with Gasteiger partial charge in [-0.05, 0) is 53.4 Å². The fraction of sp³-hybridized carbons (Fsp3) is 0.138. The quantitative estimate of drug-likeness (QED) is 0.407. The van der Waals surface area contributed by atoms with Crippen LogP contribution in [0.15, 0.2) is 103 Å². The minimum absolute atomic E-state index is 0.0693. The second kappa shape index (κ2) is 11.1. The lowest BCUT2D eigenvalue weighted by Crippen LogP contribution is -2.31. The minimum Gasteiger partial charge on any atom is -0.352 e. The van der Waals surface area contributed by atoms with Crippen LogP contribution in [0.5, 0.6) is 0 Å². The van der Waals surface area contributed by atoms with E-state index in [-0.39, 0.29) is 18.2 Å². The molecule has 1 N–H and O–H groups in total. The number of anilines is 1. The zero-order valence-electron chi connectivity index (χ0n) is 19.1. The van der Waals surface area contributed by atoms with Crippen molar-refractivity contribution in [3.05, 3.63) is 131 Å². The highest BCUT2D eigenvalue weighted by atomic mass is 16.2. The molecule has 0 atom stereocenters. The van der Waals surface area contributed by atoms with Crippen LogP contribution in [0.2, 0.25) is 0 Å². The molecule has 0 aliphatic carbocycles. The van der Waals surface area contributed by atoms with Crippen LogP contribution in [0.25, 0.3) is 0 Å². The SMILES string of the molecule is Cc1ccccc1C(=O)N(Cc1ccccc1)c1cccc(CC(=O)NCc2cccnc2)c1. The normalized spacial score (nSPS) is 10.5. The molecule has 0 unspecified atom stereocenters. The maximum Gasteiger partial charge on any atom is 0.258 e. The Morgan fingerprint density at radius 3 is 2.32 bits per heavy atom. The van der Waals surface area contributed by atoms with Gasteiger partial charge in [-0.25, -0.2) is 0 Å². The lowest BCUT2D eigenvalue weighted by molar-refractivity contribution is -0.120. The van der Waals surface area contributed by atoms with Crippen molar-refractivity contribution in [2.24, 2.45) is 0 Å². The lowest BCUT2D eigenvalue weighted by Gasteiger charge is -2.24. The fourth-order valence-electron chi connectivity index (χ4n) is 3.79. The Hall–Kier alpha value is -4.25. The van der Waals surface area contributed by atoms with Crippen LogP contribution >= 0.6 is 0 Å². The van der Waals surface area contributed by atoms with Crippen LogP contribution in [-0.2, 0) is 24.3 Å². The number of amides is 2. The molecule has 0 radical (unpaired) electrons. The first kappa shape index (κ1) is 22.9. The molecule has 4 rings (SSSR count). The average molecular weight is 450 g/mol. The molecular formula is C29H27N3O2. The molecule has 0 bridgehead atoms. The van der Waals surface area contributed by atoms with Gasteiger partial charge in [-0.3, -0.25) is 14.6 Å². The molecule has 1 aromatic heterocycles. The molecular weight excluding hydrogens is 422 g/mol. The summed E-state index contributed by atoms with van der Waals surface area (Å²) in [7, 11) is 0. The van der Waals surface area contributed by atoms with E-state index in [0.717, 1.165) is 27.9 Å². The number of hydrogen-bond acceptors (Lipinski definition) is 3. The van der Waals surface area contributed by atoms with E-state index in [0.29, 0.717) is 18.7 Å². The number of nitrogens with one attached hydrogen (secondary N) is 1. The predicted molar refractivity (Wildman–Crippen MR) is 134 cm³/mol. The Balaban J connectivity index is 1.55. The summed E-state index contributed by atoms with van der Waals surface area (Å²) in [6.07, 6.45) is 3.67. The van der Waals surface area contributed by atoms with Gasteiger partial charge in [-0.2, -0.15) is 0 Å². The number of carbonyl (C=O) groups is 2. The van der Waals surface area contributed by atoms with Crippen molar-refractivity contribution in [3.8, 4) is 0 Å². The zero-order valence-corrected chi connectivity index (χ0v) is 19.1. The second-order valence-corrected chi connectivity index (χ2v) is 8.18. The summed E-state index contributed by atoms with van der Waals surface area (Å²) in [6, 6.07) is 28.9. The van der Waals surface area contributed by atoms with E-state index in [1.807, 2.05) is 97.9 Å². The minimum atomic E-state index is -0.0826. The zero-order chi connectivity index (χ0) is 23.8. The molecule has 5 heteroatoms. The van der Waals surface area contributed by atoms with Crippen LogP contribution in [-0.4, -0.2) is 16.8 Å². The van der Waals surface area contributed by atoms with Gasteiger partial charge in [0.15, 0.2) is 0 Å². The lowest BCUT2D eigenvalue weighted by atomic mass is 10.1. The number of hydrogen-bond donors (Lipinski definition) is 1. The molecule has 3 aromatic carbocycles. The van der Waals surface area contributed by atoms with E-state index < -0.39 is 0 Å². The average Bonchev–Trinajstić information content (AvgIpc) is 2.87. The van der Waals surface area contributed by atoms with Gasteiger partial charge < -0.3 is 10.2 Å². The molecule has 5 nitrogen and oxygen atoms in total. The van der Waals surface area contributed by atoms with Crippen molar-refractivity contribution in [2.75, 3.05) is 4.90 Å². The third-order valence-electron chi connectivity index (χ3n) is 5.60. The van der Waals surface area contributed by atoms with E-state index in [4.69, 9.17) is 0 Å². The van der Waals surface area contributed by atoms with Crippen molar-refractivity contribution in [1.82, 2.24) is 10.3 Å². The Labute approximate surface area is 200 Å². The first-order valence-electron chi connectivity index (χ1n) is 11.3. The summed E-state index contributed by atoms with van der Waals surface area (Å²) < 4.78 is 0. The van der Waals surface area contributed by atoms with Crippen LogP contribution in [0.4, 0.5) is 5.69 Å². The highest BCUT2D eigenvalue weighted by Gasteiger charge is 2.20. The summed E-state index contributed by atoms with van der Waals surface area (Å²) in [5.74, 6) is -0.152. The van der Waals surface area contributed by atoms with Crippen molar-refractivity contribution >= 4 is 17.5 Å². The molecule has 0 aliphatic rings. The molecule has 0 aliphatic heterocycles. The summed E-state index contributed by atoms with van der Waals surface area (Å²) in [5.41, 5.74) is 5.17. The summed E-state index contributed by atoms with van der Waals surface area (Å²) >= 11 is 0. The van der Waals surface area contributed by atoms with Crippen LogP contribution in [0.1, 0.15) is 32.6 Å². The maximum absolute atomic E-state index is 13.6. The number of pyridine rings is 1. The number of nitrogens with zero attached hydrogens (tertiary/aromatic N) is 2. The van der Waals surface area contributed by atoms with Crippen molar-refractivity contribution in [3.63, 3.8) is 0 Å². The molecule has 2 amide bonds. The molecule has 1 heterocycles. The van der Waals surface area contributed by atoms with E-state index in [1.165, 1.54) is 0 Å². The Kier molecular flexibility index (Phi) is 7.45. The van der Waals surface area contributed by atoms with Crippen molar-refractivity contribution < 1.29 is 9.59 Å². The predicted octanol–water partition coefficient (Wildman–Crippen LogP) is 5.10. The fourth-order valence-corrected chi connectivity index (χ4v) is 3.79. The topological polar surface area (TPSA) is 62.3 Å². The van der Waals surface area contributed by atoms with Crippen molar-refractivity contribution in [1.29, 1.82) is 0 Å². The second-order valence-electron chi connectivity index (χ2n) is 8.18. The molecule has 0 saturated heterocycles. The van der Waals surface area contributed by atoms with E-state index in [2.05, 4.69) is 10.3 Å². The van der Waals surface area contributed by atoms with Gasteiger partial charge >= 0.3 is 0 Å². The smallest absolute Gasteiger partial charge is 0.258 e. The molecule has 170 valence electrons. The standard InChI is InChI=1S/C29H27N3O2/c1-22-9-5-6-15-27(22)29(34)32(21-23-10-3-2-4-11-23)26-14-7-12-24(17-26)18-28(33)31-20-25-13-8-16-30-19-25/h2-17,19H,18,20-21H2,1H3,(H,31,33). The van der Waals surface area contributed by atoms with E-state index >= 15 is 0 Å². The maximum atomic E-state index is 13.6. The van der Waals surface area contributed by atoms with Gasteiger partial charge in [0.1, 0.15) is 0 Å². The number of benzene rings is 3. The third-order valence-corrected chi connectivity index (χ3v) is 5.60. The monoisotopic (exact) mass is 449 g/mol. The van der Waals surface area contributed by atoms with Crippen LogP contribution in [0, 0.1) is 6.92 Å². The van der Waals surface area contributed by atoms with E-state index in [1.54, 1.807) is 17.3 Å². The summed E-state index contributed by atoms with van der Waals surface area (Å²) in [4.78, 5) is 32.0. The highest BCUT2D eigenvalue weighted by Crippen LogP contribution is 2.23. The number of carbonyl (C=O) groups excluding carboxylic acids is 2. The Bertz CT molecular complexity index is 1260. The van der Waals surface area contributed by atoms with Crippen LogP contribution < -0.4 is 10.2 Å². The van der Waals surface area contributed by atoms with Crippen molar-refractivity contribution in [2.45, 2.75) is 26.4 Å². The van der Waals surface area contributed by atoms with Gasteiger partial charge in [0.2, 0.25) is 5.91 Å². The summed E-state index contributed by atoms with van der Waals surface area (Å²) in [6.45, 7) is 2.81. The Morgan fingerprint density at radius 2 is 1.56 bits per heavy atom. The van der Waals surface area contributed by atoms with Gasteiger partial charge in [0.05, 0.1) is 13.0 Å². The van der Waals surface area contributed by atoms with Gasteiger partial charge in [-0.15, -0.1) is 0 Å². The number of rotatable bonds is 8. The van der Waals surface area contributed by atoms with Gasteiger partial charge in [0.25, 0.3) is 5.91 Å².